The SMILES string of the molecule is CN[C@H]1CC[C@@]2(C)[C@@H](CC[C@H]3C4=CC[C@H](C(C)N(C)C)[C@@]4(C)CC[C@@H]32)C1. The van der Waals surface area contributed by atoms with Crippen molar-refractivity contribution >= 4 is 0 Å². The van der Waals surface area contributed by atoms with Crippen LogP contribution in [0.15, 0.2) is 11.6 Å². The summed E-state index contributed by atoms with van der Waals surface area (Å²) in [6, 6.07) is 1.46. The highest BCUT2D eigenvalue weighted by atomic mass is 15.1. The standard InChI is InChI=1S/C24H42N2/c1-16(26(5)6)20-9-10-21-19-8-7-17-15-18(25-4)11-13-23(17,2)22(19)12-14-24(20,21)3/h10,16-20,22,25H,7-9,11-15H2,1-6H3/t16?,17-,18-,19-,20+,22-,23-,24+/m0/s1. The molecule has 0 aromatic rings. The number of fused-ring (bicyclic) bond motifs is 5. The highest BCUT2D eigenvalue weighted by Crippen LogP contribution is 2.66. The number of hydrogen-bond acceptors (Lipinski definition) is 2. The van der Waals surface area contributed by atoms with Crippen molar-refractivity contribution in [3.8, 4) is 0 Å². The van der Waals surface area contributed by atoms with E-state index >= 15 is 0 Å². The topological polar surface area (TPSA) is 15.3 Å². The minimum Gasteiger partial charge on any atom is -0.317 e. The van der Waals surface area contributed by atoms with E-state index in [9.17, 15) is 0 Å². The lowest BCUT2D eigenvalue weighted by molar-refractivity contribution is -0.0647. The Bertz CT molecular complexity index is 567. The predicted octanol–water partition coefficient (Wildman–Crippen LogP) is 5.10. The molecule has 0 heterocycles. The first-order valence-corrected chi connectivity index (χ1v) is 11.4. The number of rotatable bonds is 3. The molecule has 3 fully saturated rings. The molecule has 0 aromatic heterocycles. The van der Waals surface area contributed by atoms with Crippen LogP contribution in [0.5, 0.6) is 0 Å². The van der Waals surface area contributed by atoms with Crippen molar-refractivity contribution in [3.05, 3.63) is 11.6 Å². The molecule has 26 heavy (non-hydrogen) atoms. The van der Waals surface area contributed by atoms with Gasteiger partial charge < -0.3 is 10.2 Å². The van der Waals surface area contributed by atoms with Gasteiger partial charge in [0.1, 0.15) is 0 Å². The molecule has 0 saturated heterocycles. The first-order valence-electron chi connectivity index (χ1n) is 11.4. The van der Waals surface area contributed by atoms with Crippen molar-refractivity contribution in [2.75, 3.05) is 21.1 Å². The second-order valence-electron chi connectivity index (χ2n) is 10.9. The van der Waals surface area contributed by atoms with Gasteiger partial charge in [-0.2, -0.15) is 0 Å². The molecule has 0 aliphatic heterocycles. The Hall–Kier alpha value is -0.340. The summed E-state index contributed by atoms with van der Waals surface area (Å²) in [7, 11) is 6.70. The summed E-state index contributed by atoms with van der Waals surface area (Å²) in [6.45, 7) is 7.76. The Morgan fingerprint density at radius 3 is 2.58 bits per heavy atom. The van der Waals surface area contributed by atoms with Crippen LogP contribution >= 0.6 is 0 Å². The van der Waals surface area contributed by atoms with Crippen molar-refractivity contribution < 1.29 is 0 Å². The molecule has 0 radical (unpaired) electrons. The van der Waals surface area contributed by atoms with Gasteiger partial charge in [-0.25, -0.2) is 0 Å². The first-order chi connectivity index (χ1) is 12.3. The highest BCUT2D eigenvalue weighted by molar-refractivity contribution is 5.30. The molecule has 0 bridgehead atoms. The smallest absolute Gasteiger partial charge is 0.0100 e. The van der Waals surface area contributed by atoms with E-state index in [1.807, 2.05) is 5.57 Å². The molecule has 2 heteroatoms. The van der Waals surface area contributed by atoms with Gasteiger partial charge in [-0.3, -0.25) is 0 Å². The van der Waals surface area contributed by atoms with E-state index in [0.717, 1.165) is 29.7 Å². The second kappa shape index (κ2) is 6.62. The molecule has 2 nitrogen and oxygen atoms in total. The Kier molecular flexibility index (Phi) is 4.84. The Balaban J connectivity index is 1.58. The van der Waals surface area contributed by atoms with E-state index < -0.39 is 0 Å². The predicted molar refractivity (Wildman–Crippen MR) is 111 cm³/mol. The third-order valence-electron chi connectivity index (χ3n) is 9.94. The lowest BCUT2D eigenvalue weighted by atomic mass is 9.45. The molecule has 4 aliphatic carbocycles. The number of nitrogens with one attached hydrogen (secondary N) is 1. The van der Waals surface area contributed by atoms with Crippen LogP contribution in [0.4, 0.5) is 0 Å². The lowest BCUT2D eigenvalue weighted by Gasteiger charge is -2.60. The van der Waals surface area contributed by atoms with Gasteiger partial charge in [0, 0.05) is 12.1 Å². The summed E-state index contributed by atoms with van der Waals surface area (Å²) in [5.41, 5.74) is 2.96. The van der Waals surface area contributed by atoms with Crippen LogP contribution in [0.3, 0.4) is 0 Å². The molecule has 4 aliphatic rings. The van der Waals surface area contributed by atoms with Crippen molar-refractivity contribution in [1.82, 2.24) is 10.2 Å². The van der Waals surface area contributed by atoms with Gasteiger partial charge in [-0.05, 0) is 114 Å². The molecule has 8 atom stereocenters. The minimum absolute atomic E-state index is 0.468. The van der Waals surface area contributed by atoms with Gasteiger partial charge in [0.15, 0.2) is 0 Å². The third-order valence-corrected chi connectivity index (χ3v) is 9.94. The fourth-order valence-electron chi connectivity index (χ4n) is 7.97. The van der Waals surface area contributed by atoms with Gasteiger partial charge in [0.05, 0.1) is 0 Å². The van der Waals surface area contributed by atoms with Crippen LogP contribution in [-0.2, 0) is 0 Å². The molecule has 148 valence electrons. The number of nitrogens with zero attached hydrogens (tertiary/aromatic N) is 1. The van der Waals surface area contributed by atoms with Gasteiger partial charge in [0.2, 0.25) is 0 Å². The molecule has 1 unspecified atom stereocenters. The van der Waals surface area contributed by atoms with Crippen LogP contribution in [0.1, 0.15) is 72.1 Å². The van der Waals surface area contributed by atoms with Crippen molar-refractivity contribution in [2.45, 2.75) is 84.2 Å². The van der Waals surface area contributed by atoms with Crippen LogP contribution < -0.4 is 5.32 Å². The van der Waals surface area contributed by atoms with Gasteiger partial charge in [-0.1, -0.05) is 25.5 Å². The summed E-state index contributed by atoms with van der Waals surface area (Å²) in [5, 5.41) is 3.58. The van der Waals surface area contributed by atoms with E-state index in [-0.39, 0.29) is 0 Å². The van der Waals surface area contributed by atoms with Crippen LogP contribution in [-0.4, -0.2) is 38.1 Å². The van der Waals surface area contributed by atoms with E-state index in [1.165, 1.54) is 51.4 Å². The summed E-state index contributed by atoms with van der Waals surface area (Å²) < 4.78 is 0. The molecule has 1 N–H and O–H groups in total. The average molecular weight is 359 g/mol. The molecular formula is C24H42N2. The third kappa shape index (κ3) is 2.65. The fraction of sp³-hybridized carbons (Fsp3) is 0.917. The molecule has 0 spiro atoms. The van der Waals surface area contributed by atoms with E-state index in [0.29, 0.717) is 16.9 Å². The monoisotopic (exact) mass is 358 g/mol. The second-order valence-corrected chi connectivity index (χ2v) is 10.9. The van der Waals surface area contributed by atoms with Crippen LogP contribution in [0.2, 0.25) is 0 Å². The van der Waals surface area contributed by atoms with Crippen molar-refractivity contribution in [3.63, 3.8) is 0 Å². The van der Waals surface area contributed by atoms with E-state index in [2.05, 4.69) is 58.2 Å². The summed E-state index contributed by atoms with van der Waals surface area (Å²) in [4.78, 5) is 2.45. The zero-order valence-electron chi connectivity index (χ0n) is 18.1. The largest absolute Gasteiger partial charge is 0.317 e. The maximum absolute atomic E-state index is 3.58. The number of allylic oxidation sites excluding steroid dienone is 2. The normalized spacial score (nSPS) is 49.2. The first kappa shape index (κ1) is 19.0. The highest BCUT2D eigenvalue weighted by Gasteiger charge is 2.58. The maximum atomic E-state index is 3.58. The fourth-order valence-corrected chi connectivity index (χ4v) is 7.97. The lowest BCUT2D eigenvalue weighted by Crippen LogP contribution is -2.54. The van der Waals surface area contributed by atoms with Crippen molar-refractivity contribution in [1.29, 1.82) is 0 Å². The van der Waals surface area contributed by atoms with Gasteiger partial charge in [-0.15, -0.1) is 0 Å². The Morgan fingerprint density at radius 1 is 1.12 bits per heavy atom. The summed E-state index contributed by atoms with van der Waals surface area (Å²) in [6.07, 6.45) is 14.1. The zero-order chi connectivity index (χ0) is 18.7. The van der Waals surface area contributed by atoms with E-state index in [1.54, 1.807) is 0 Å². The van der Waals surface area contributed by atoms with Crippen LogP contribution in [0.25, 0.3) is 0 Å². The van der Waals surface area contributed by atoms with Gasteiger partial charge in [0.25, 0.3) is 0 Å². The Labute approximate surface area is 162 Å². The molecule has 0 amide bonds. The summed E-state index contributed by atoms with van der Waals surface area (Å²) in [5.74, 6) is 3.61. The molecule has 0 aromatic carbocycles. The van der Waals surface area contributed by atoms with Crippen molar-refractivity contribution in [2.24, 2.45) is 34.5 Å². The van der Waals surface area contributed by atoms with Gasteiger partial charge >= 0.3 is 0 Å². The maximum Gasteiger partial charge on any atom is 0.0100 e. The van der Waals surface area contributed by atoms with E-state index in [4.69, 9.17) is 0 Å². The Morgan fingerprint density at radius 2 is 1.88 bits per heavy atom. The minimum atomic E-state index is 0.468. The van der Waals surface area contributed by atoms with Crippen LogP contribution in [0, 0.1) is 34.5 Å². The molecular weight excluding hydrogens is 316 g/mol. The molecule has 3 saturated carbocycles. The average Bonchev–Trinajstić information content (AvgIpc) is 2.97. The summed E-state index contributed by atoms with van der Waals surface area (Å²) >= 11 is 0. The number of hydrogen-bond donors (Lipinski definition) is 1. The molecule has 4 rings (SSSR count). The quantitative estimate of drug-likeness (QED) is 0.706. The zero-order valence-corrected chi connectivity index (χ0v) is 18.1.